The molecule has 0 aliphatic rings. The van der Waals surface area contributed by atoms with E-state index < -0.39 is 17.8 Å². The lowest BCUT2D eigenvalue weighted by Crippen LogP contribution is -2.14. The zero-order valence-corrected chi connectivity index (χ0v) is 18.5. The van der Waals surface area contributed by atoms with E-state index in [1.54, 1.807) is 38.1 Å². The number of amides is 1. The van der Waals surface area contributed by atoms with E-state index in [1.807, 2.05) is 30.3 Å². The normalized spacial score (nSPS) is 10.4. The van der Waals surface area contributed by atoms with Gasteiger partial charge in [0.25, 0.3) is 5.91 Å². The Kier molecular flexibility index (Phi) is 7.44. The van der Waals surface area contributed by atoms with Crippen molar-refractivity contribution in [3.05, 3.63) is 86.8 Å². The number of anilines is 1. The number of rotatable bonds is 7. The van der Waals surface area contributed by atoms with E-state index in [0.29, 0.717) is 16.1 Å². The summed E-state index contributed by atoms with van der Waals surface area (Å²) in [6, 6.07) is 15.6. The van der Waals surface area contributed by atoms with Gasteiger partial charge in [-0.2, -0.15) is 0 Å². The molecule has 3 rings (SSSR count). The summed E-state index contributed by atoms with van der Waals surface area (Å²) in [7, 11) is 0. The van der Waals surface area contributed by atoms with Crippen LogP contribution in [0.15, 0.2) is 54.6 Å². The molecule has 1 amide bonds. The van der Waals surface area contributed by atoms with E-state index >= 15 is 0 Å². The molecule has 1 heterocycles. The zero-order chi connectivity index (χ0) is 22.4. The third kappa shape index (κ3) is 5.51. The van der Waals surface area contributed by atoms with Crippen LogP contribution in [0.5, 0.6) is 0 Å². The van der Waals surface area contributed by atoms with E-state index in [9.17, 15) is 14.4 Å². The predicted molar refractivity (Wildman–Crippen MR) is 120 cm³/mol. The van der Waals surface area contributed by atoms with Gasteiger partial charge >= 0.3 is 11.9 Å². The van der Waals surface area contributed by atoms with Crippen LogP contribution in [0.1, 0.15) is 48.4 Å². The van der Waals surface area contributed by atoms with Crippen LogP contribution < -0.4 is 5.32 Å². The first-order valence-corrected chi connectivity index (χ1v) is 10.7. The SMILES string of the molecule is CCOC(=O)c1c(NC(=O)c2ccc(Cl)cc2)sc(C(=O)OCc2ccccc2)c1C. The Balaban J connectivity index is 1.86. The molecule has 3 aromatic rings. The first-order valence-electron chi connectivity index (χ1n) is 9.49. The van der Waals surface area contributed by atoms with Gasteiger partial charge in [0.1, 0.15) is 16.5 Å². The van der Waals surface area contributed by atoms with Crippen molar-refractivity contribution >= 4 is 45.8 Å². The first-order chi connectivity index (χ1) is 14.9. The molecule has 0 aliphatic carbocycles. The highest BCUT2D eigenvalue weighted by Gasteiger charge is 2.27. The minimum absolute atomic E-state index is 0.0955. The highest BCUT2D eigenvalue weighted by atomic mass is 35.5. The number of benzene rings is 2. The number of thiophene rings is 1. The van der Waals surface area contributed by atoms with E-state index in [-0.39, 0.29) is 28.7 Å². The van der Waals surface area contributed by atoms with E-state index in [2.05, 4.69) is 5.32 Å². The molecule has 0 radical (unpaired) electrons. The second-order valence-corrected chi connectivity index (χ2v) is 7.96. The lowest BCUT2D eigenvalue weighted by atomic mass is 10.1. The molecule has 2 aromatic carbocycles. The molecule has 0 saturated heterocycles. The van der Waals surface area contributed by atoms with E-state index in [4.69, 9.17) is 21.1 Å². The van der Waals surface area contributed by atoms with Crippen molar-refractivity contribution in [1.29, 1.82) is 0 Å². The van der Waals surface area contributed by atoms with Gasteiger partial charge in [-0.05, 0) is 49.2 Å². The molecule has 0 unspecified atom stereocenters. The number of carbonyl (C=O) groups is 3. The maximum atomic E-state index is 12.7. The quantitative estimate of drug-likeness (QED) is 0.474. The monoisotopic (exact) mass is 457 g/mol. The Bertz CT molecular complexity index is 1090. The van der Waals surface area contributed by atoms with Gasteiger partial charge in [-0.3, -0.25) is 4.79 Å². The summed E-state index contributed by atoms with van der Waals surface area (Å²) in [4.78, 5) is 38.1. The summed E-state index contributed by atoms with van der Waals surface area (Å²) in [5.74, 6) is -1.64. The lowest BCUT2D eigenvalue weighted by molar-refractivity contribution is 0.0477. The fourth-order valence-corrected chi connectivity index (χ4v) is 4.02. The molecular weight excluding hydrogens is 438 g/mol. The molecule has 160 valence electrons. The molecule has 1 N–H and O–H groups in total. The number of esters is 2. The molecule has 0 fully saturated rings. The Morgan fingerprint density at radius 3 is 2.29 bits per heavy atom. The van der Waals surface area contributed by atoms with Gasteiger partial charge in [0.15, 0.2) is 0 Å². The van der Waals surface area contributed by atoms with Crippen molar-refractivity contribution in [3.8, 4) is 0 Å². The van der Waals surface area contributed by atoms with Crippen molar-refractivity contribution in [2.24, 2.45) is 0 Å². The van der Waals surface area contributed by atoms with Crippen LogP contribution in [-0.4, -0.2) is 24.5 Å². The standard InChI is InChI=1S/C23H20ClNO5S/c1-3-29-22(27)18-14(2)19(23(28)30-13-15-7-5-4-6-8-15)31-21(18)25-20(26)16-9-11-17(24)12-10-16/h4-12H,3,13H2,1-2H3,(H,25,26). The molecule has 8 heteroatoms. The van der Waals surface area contributed by atoms with Crippen LogP contribution >= 0.6 is 22.9 Å². The third-order valence-corrected chi connectivity index (χ3v) is 5.80. The van der Waals surface area contributed by atoms with Crippen LogP contribution in [0.25, 0.3) is 0 Å². The van der Waals surface area contributed by atoms with Crippen molar-refractivity contribution in [2.75, 3.05) is 11.9 Å². The lowest BCUT2D eigenvalue weighted by Gasteiger charge is -2.07. The Morgan fingerprint density at radius 1 is 0.968 bits per heavy atom. The van der Waals surface area contributed by atoms with Crippen molar-refractivity contribution in [3.63, 3.8) is 0 Å². The van der Waals surface area contributed by atoms with Gasteiger partial charge in [0.05, 0.1) is 12.2 Å². The number of ether oxygens (including phenoxy) is 2. The highest BCUT2D eigenvalue weighted by Crippen LogP contribution is 2.35. The van der Waals surface area contributed by atoms with E-state index in [0.717, 1.165) is 16.9 Å². The number of carbonyl (C=O) groups excluding carboxylic acids is 3. The predicted octanol–water partition coefficient (Wildman–Crippen LogP) is 5.50. The Labute approximate surface area is 188 Å². The van der Waals surface area contributed by atoms with Crippen molar-refractivity contribution in [1.82, 2.24) is 0 Å². The Morgan fingerprint density at radius 2 is 1.65 bits per heavy atom. The molecule has 0 spiro atoms. The van der Waals surface area contributed by atoms with Gasteiger partial charge < -0.3 is 14.8 Å². The average molecular weight is 458 g/mol. The molecule has 31 heavy (non-hydrogen) atoms. The molecular formula is C23H20ClNO5S. The summed E-state index contributed by atoms with van der Waals surface area (Å²) in [6.07, 6.45) is 0. The summed E-state index contributed by atoms with van der Waals surface area (Å²) in [5, 5.41) is 3.43. The molecule has 0 bridgehead atoms. The molecule has 0 saturated carbocycles. The van der Waals surface area contributed by atoms with Crippen molar-refractivity contribution < 1.29 is 23.9 Å². The van der Waals surface area contributed by atoms with E-state index in [1.165, 1.54) is 0 Å². The third-order valence-electron chi connectivity index (χ3n) is 4.36. The molecule has 0 aliphatic heterocycles. The largest absolute Gasteiger partial charge is 0.462 e. The second kappa shape index (κ2) is 10.2. The fraction of sp³-hybridized carbons (Fsp3) is 0.174. The summed E-state index contributed by atoms with van der Waals surface area (Å²) >= 11 is 6.85. The van der Waals surface area contributed by atoms with Crippen LogP contribution in [0.3, 0.4) is 0 Å². The van der Waals surface area contributed by atoms with Crippen LogP contribution in [0, 0.1) is 6.92 Å². The van der Waals surface area contributed by atoms with Crippen molar-refractivity contribution in [2.45, 2.75) is 20.5 Å². The summed E-state index contributed by atoms with van der Waals surface area (Å²) in [6.45, 7) is 3.56. The van der Waals surface area contributed by atoms with Gasteiger partial charge in [-0.15, -0.1) is 11.3 Å². The fourth-order valence-electron chi connectivity index (χ4n) is 2.81. The Hall–Kier alpha value is -3.16. The smallest absolute Gasteiger partial charge is 0.349 e. The molecule has 1 aromatic heterocycles. The summed E-state index contributed by atoms with van der Waals surface area (Å²) in [5.41, 5.74) is 1.74. The minimum Gasteiger partial charge on any atom is -0.462 e. The maximum absolute atomic E-state index is 12.7. The first kappa shape index (κ1) is 22.5. The maximum Gasteiger partial charge on any atom is 0.349 e. The van der Waals surface area contributed by atoms with Crippen LogP contribution in [0.4, 0.5) is 5.00 Å². The number of nitrogens with one attached hydrogen (secondary N) is 1. The number of hydrogen-bond donors (Lipinski definition) is 1. The average Bonchev–Trinajstić information content (AvgIpc) is 3.09. The van der Waals surface area contributed by atoms with Gasteiger partial charge in [0, 0.05) is 10.6 Å². The van der Waals surface area contributed by atoms with Gasteiger partial charge in [0.2, 0.25) is 0 Å². The van der Waals surface area contributed by atoms with Gasteiger partial charge in [-0.25, -0.2) is 9.59 Å². The second-order valence-electron chi connectivity index (χ2n) is 6.50. The molecule has 0 atom stereocenters. The summed E-state index contributed by atoms with van der Waals surface area (Å²) < 4.78 is 10.5. The van der Waals surface area contributed by atoms with Gasteiger partial charge in [-0.1, -0.05) is 41.9 Å². The number of halogens is 1. The molecule has 6 nitrogen and oxygen atoms in total. The number of hydrogen-bond acceptors (Lipinski definition) is 6. The van der Waals surface area contributed by atoms with Crippen LogP contribution in [0.2, 0.25) is 5.02 Å². The van der Waals surface area contributed by atoms with Crippen LogP contribution in [-0.2, 0) is 16.1 Å². The topological polar surface area (TPSA) is 81.7 Å². The minimum atomic E-state index is -0.621. The highest BCUT2D eigenvalue weighted by molar-refractivity contribution is 7.18. The zero-order valence-electron chi connectivity index (χ0n) is 16.9.